The molecule has 0 bridgehead atoms. The Kier molecular flexibility index (Phi) is 26.3. The molecule has 0 saturated carbocycles. The van der Waals surface area contributed by atoms with Gasteiger partial charge in [-0.3, -0.25) is 77.6 Å². The average Bonchev–Trinajstić information content (AvgIpc) is 3.16. The van der Waals surface area contributed by atoms with Crippen LogP contribution >= 0.6 is 0 Å². The van der Waals surface area contributed by atoms with Crippen LogP contribution in [0.25, 0.3) is 0 Å². The summed E-state index contributed by atoms with van der Waals surface area (Å²) in [6.45, 7) is 8.65. The van der Waals surface area contributed by atoms with Gasteiger partial charge in [0.2, 0.25) is 47.3 Å². The molecule has 24 heteroatoms. The quantitative estimate of drug-likeness (QED) is 0.0442. The van der Waals surface area contributed by atoms with Gasteiger partial charge < -0.3 is 45.0 Å². The number of carbonyl (C=O) groups excluding carboxylic acids is 8. The monoisotopic (exact) mass is 883 g/mol. The van der Waals surface area contributed by atoms with Crippen LogP contribution in [0.5, 0.6) is 0 Å². The highest BCUT2D eigenvalue weighted by Gasteiger charge is 2.22. The van der Waals surface area contributed by atoms with Crippen molar-refractivity contribution >= 4 is 47.3 Å². The second-order valence-corrected chi connectivity index (χ2v) is 16.1. The Morgan fingerprint density at radius 3 is 0.597 bits per heavy atom. The van der Waals surface area contributed by atoms with Crippen LogP contribution in [-0.2, 0) is 38.4 Å². The molecule has 0 aliphatic carbocycles. The molecule has 8 amide bonds. The summed E-state index contributed by atoms with van der Waals surface area (Å²) in [5, 5.41) is 5.97. The third-order valence-electron chi connectivity index (χ3n) is 10.6. The molecule has 0 spiro atoms. The fraction of sp³-hybridized carbons (Fsp3) is 0.789. The minimum absolute atomic E-state index is 0.0271. The van der Waals surface area contributed by atoms with E-state index in [1.807, 2.05) is 39.2 Å². The van der Waals surface area contributed by atoms with Gasteiger partial charge in [-0.15, -0.1) is 0 Å². The molecule has 0 radical (unpaired) electrons. The van der Waals surface area contributed by atoms with Gasteiger partial charge in [0.05, 0.1) is 52.4 Å². The second-order valence-electron chi connectivity index (χ2n) is 16.1. The minimum Gasteiger partial charge on any atom is -0.369 e. The number of primary amides is 6. The van der Waals surface area contributed by atoms with E-state index in [2.05, 4.69) is 10.6 Å². The fourth-order valence-electron chi connectivity index (χ4n) is 7.32. The molecule has 0 aromatic carbocycles. The molecule has 0 aromatic heterocycles. The maximum Gasteiger partial charge on any atom is 0.234 e. The van der Waals surface area contributed by atoms with E-state index < -0.39 is 35.4 Å². The molecule has 2 saturated heterocycles. The Hall–Kier alpha value is -4.56. The second kappa shape index (κ2) is 30.5. The number of hydrogen-bond acceptors (Lipinski definition) is 16. The van der Waals surface area contributed by atoms with Crippen molar-refractivity contribution in [3.63, 3.8) is 0 Å². The van der Waals surface area contributed by atoms with Gasteiger partial charge in [0.1, 0.15) is 0 Å². The number of hydrogen-bond donors (Lipinski definition) is 8. The first-order valence-electron chi connectivity index (χ1n) is 21.5. The van der Waals surface area contributed by atoms with E-state index in [9.17, 15) is 38.4 Å². The SMILES string of the molecule is NC(=O)CN1CCN(CC(N)=O)CCN(CC(=O)NCCCCCCNC(=O)CN2CCN(CC(N)=O)CCN(CC(N)=O)CCN(CC(N)=O)CC2)CCN(CC(N)=O)CC1. The molecule has 2 fully saturated rings. The summed E-state index contributed by atoms with van der Waals surface area (Å²) in [6.07, 6.45) is 3.17. The largest absolute Gasteiger partial charge is 0.369 e. The average molecular weight is 883 g/mol. The lowest BCUT2D eigenvalue weighted by Crippen LogP contribution is -2.50. The van der Waals surface area contributed by atoms with E-state index >= 15 is 0 Å². The van der Waals surface area contributed by atoms with Crippen LogP contribution in [0.3, 0.4) is 0 Å². The highest BCUT2D eigenvalue weighted by atomic mass is 16.2. The summed E-state index contributed by atoms with van der Waals surface area (Å²) < 4.78 is 0. The summed E-state index contributed by atoms with van der Waals surface area (Å²) in [5.41, 5.74) is 32.9. The number of nitrogens with two attached hydrogens (primary N) is 6. The van der Waals surface area contributed by atoms with Crippen molar-refractivity contribution in [3.8, 4) is 0 Å². The van der Waals surface area contributed by atoms with Crippen LogP contribution in [-0.4, -0.2) is 257 Å². The molecule has 2 rings (SSSR count). The Morgan fingerprint density at radius 2 is 0.435 bits per heavy atom. The minimum atomic E-state index is -0.483. The third kappa shape index (κ3) is 26.7. The molecular formula is C38H74N16O8. The zero-order chi connectivity index (χ0) is 45.9. The first kappa shape index (κ1) is 53.6. The van der Waals surface area contributed by atoms with Gasteiger partial charge >= 0.3 is 0 Å². The molecule has 2 aliphatic rings. The summed E-state index contributed by atoms with van der Waals surface area (Å²) in [7, 11) is 0. The number of amides is 8. The van der Waals surface area contributed by atoms with Gasteiger partial charge in [-0.05, 0) is 12.8 Å². The van der Waals surface area contributed by atoms with E-state index in [-0.39, 0.29) is 64.2 Å². The lowest BCUT2D eigenvalue weighted by atomic mass is 10.2. The standard InChI is InChI=1S/C38H74N16O8/c39-31(55)23-47-7-11-49(25-33(41)57)15-19-53(20-16-50(12-8-47)26-34(42)58)29-37(61)45-5-3-1-2-4-6-46-38(62)30-54-21-17-51(27-35(43)59)13-9-48(24-32(40)56)10-14-52(18-22-54)28-36(44)60/h1-30H2,(H2,39,55)(H2,40,56)(H2,41,57)(H2,42,58)(H2,43,59)(H2,44,60)(H,45,61)(H,46,62). The van der Waals surface area contributed by atoms with Crippen molar-refractivity contribution < 1.29 is 38.4 Å². The Balaban J connectivity index is 1.83. The van der Waals surface area contributed by atoms with Crippen LogP contribution < -0.4 is 45.0 Å². The van der Waals surface area contributed by atoms with Crippen molar-refractivity contribution in [2.45, 2.75) is 25.7 Å². The molecule has 62 heavy (non-hydrogen) atoms. The highest BCUT2D eigenvalue weighted by molar-refractivity contribution is 5.79. The maximum absolute atomic E-state index is 13.0. The van der Waals surface area contributed by atoms with Crippen molar-refractivity contribution in [1.82, 2.24) is 49.8 Å². The first-order chi connectivity index (χ1) is 29.5. The van der Waals surface area contributed by atoms with Crippen molar-refractivity contribution in [2.24, 2.45) is 34.4 Å². The normalized spacial score (nSPS) is 18.9. The Bertz CT molecular complexity index is 1280. The molecule has 0 aromatic rings. The molecule has 354 valence electrons. The van der Waals surface area contributed by atoms with Gasteiger partial charge in [0, 0.05) is 118 Å². The molecule has 0 atom stereocenters. The number of unbranched alkanes of at least 4 members (excludes halogenated alkanes) is 3. The number of nitrogens with one attached hydrogen (secondary N) is 2. The summed E-state index contributed by atoms with van der Waals surface area (Å²) >= 11 is 0. The first-order valence-corrected chi connectivity index (χ1v) is 21.5. The van der Waals surface area contributed by atoms with E-state index in [1.54, 1.807) is 0 Å². The van der Waals surface area contributed by atoms with Gasteiger partial charge in [-0.25, -0.2) is 0 Å². The Morgan fingerprint density at radius 1 is 0.274 bits per heavy atom. The van der Waals surface area contributed by atoms with E-state index in [1.165, 1.54) is 0 Å². The predicted octanol–water partition coefficient (Wildman–Crippen LogP) is -7.87. The van der Waals surface area contributed by atoms with E-state index in [4.69, 9.17) is 34.4 Å². The lowest BCUT2D eigenvalue weighted by molar-refractivity contribution is -0.123. The van der Waals surface area contributed by atoms with E-state index in [0.717, 1.165) is 25.7 Å². The summed E-state index contributed by atoms with van der Waals surface area (Å²) in [5.74, 6) is -3.20. The molecular weight excluding hydrogens is 809 g/mol. The van der Waals surface area contributed by atoms with Crippen LogP contribution in [0.2, 0.25) is 0 Å². The van der Waals surface area contributed by atoms with Crippen LogP contribution in [0.1, 0.15) is 25.7 Å². The number of nitrogens with zero attached hydrogens (tertiary/aromatic N) is 8. The van der Waals surface area contributed by atoms with Crippen molar-refractivity contribution in [1.29, 1.82) is 0 Å². The molecule has 14 N–H and O–H groups in total. The molecule has 24 nitrogen and oxygen atoms in total. The van der Waals surface area contributed by atoms with Gasteiger partial charge in [-0.1, -0.05) is 12.8 Å². The van der Waals surface area contributed by atoms with E-state index in [0.29, 0.717) is 118 Å². The molecule has 2 aliphatic heterocycles. The predicted molar refractivity (Wildman–Crippen MR) is 231 cm³/mol. The highest BCUT2D eigenvalue weighted by Crippen LogP contribution is 2.04. The van der Waals surface area contributed by atoms with Gasteiger partial charge in [0.15, 0.2) is 0 Å². The number of rotatable bonds is 23. The van der Waals surface area contributed by atoms with Crippen LogP contribution in [0.4, 0.5) is 0 Å². The van der Waals surface area contributed by atoms with Gasteiger partial charge in [0.25, 0.3) is 0 Å². The maximum atomic E-state index is 13.0. The molecule has 0 unspecified atom stereocenters. The summed E-state index contributed by atoms with van der Waals surface area (Å²) in [6, 6.07) is 0. The third-order valence-corrected chi connectivity index (χ3v) is 10.6. The summed E-state index contributed by atoms with van der Waals surface area (Å²) in [4.78, 5) is 112. The molecule has 2 heterocycles. The fourth-order valence-corrected chi connectivity index (χ4v) is 7.32. The zero-order valence-corrected chi connectivity index (χ0v) is 36.5. The van der Waals surface area contributed by atoms with Crippen molar-refractivity contribution in [2.75, 3.05) is 170 Å². The zero-order valence-electron chi connectivity index (χ0n) is 36.5. The van der Waals surface area contributed by atoms with Crippen LogP contribution in [0, 0.1) is 0 Å². The smallest absolute Gasteiger partial charge is 0.234 e. The topological polar surface area (TPSA) is 343 Å². The van der Waals surface area contributed by atoms with Crippen LogP contribution in [0.15, 0.2) is 0 Å². The lowest BCUT2D eigenvalue weighted by Gasteiger charge is -2.33. The number of carbonyl (C=O) groups is 8. The Labute approximate surface area is 365 Å². The van der Waals surface area contributed by atoms with Gasteiger partial charge in [-0.2, -0.15) is 0 Å². The van der Waals surface area contributed by atoms with Crippen molar-refractivity contribution in [3.05, 3.63) is 0 Å².